The number of nitrogens with zero attached hydrogens (tertiary/aromatic N) is 2. The summed E-state index contributed by atoms with van der Waals surface area (Å²) in [6, 6.07) is 8.80. The molecule has 0 spiro atoms. The highest BCUT2D eigenvalue weighted by Crippen LogP contribution is 2.47. The highest BCUT2D eigenvalue weighted by atomic mass is 79.9. The first-order valence-electron chi connectivity index (χ1n) is 19.6. The van der Waals surface area contributed by atoms with Crippen LogP contribution >= 0.6 is 0 Å². The Bertz CT molecular complexity index is 1620. The molecule has 0 radical (unpaired) electrons. The fourth-order valence-electron chi connectivity index (χ4n) is 10.1. The number of carbonyl (C=O) groups excluding carboxylic acids is 4. The minimum absolute atomic E-state index is 0. The minimum Gasteiger partial charge on any atom is -1.00 e. The number of ether oxygens (including phenoxy) is 8. The number of piperidine rings is 2. The van der Waals surface area contributed by atoms with E-state index in [1.54, 1.807) is 0 Å². The van der Waals surface area contributed by atoms with Gasteiger partial charge < -0.3 is 80.8 Å². The van der Waals surface area contributed by atoms with Gasteiger partial charge in [0, 0.05) is 76.3 Å². The summed E-state index contributed by atoms with van der Waals surface area (Å²) < 4.78 is 46.6. The molecular formula is C42H58Br2N2O12. The smallest absolute Gasteiger partial charge is 0.308 e. The lowest BCUT2D eigenvalue weighted by Crippen LogP contribution is -3.00. The summed E-state index contributed by atoms with van der Waals surface area (Å²) in [5, 5.41) is 0. The fraction of sp³-hybridized carbons (Fsp3) is 0.619. The lowest BCUT2D eigenvalue weighted by Gasteiger charge is -2.47. The van der Waals surface area contributed by atoms with Crippen molar-refractivity contribution >= 4 is 23.9 Å². The van der Waals surface area contributed by atoms with Crippen LogP contribution in [0.4, 0.5) is 0 Å². The molecule has 4 fully saturated rings. The van der Waals surface area contributed by atoms with Crippen molar-refractivity contribution in [2.24, 2.45) is 0 Å². The predicted molar refractivity (Wildman–Crippen MR) is 203 cm³/mol. The molecule has 4 bridgehead atoms. The molecule has 2 aromatic rings. The third-order valence-electron chi connectivity index (χ3n) is 12.9. The number of hydrogen-bond acceptors (Lipinski definition) is 12. The molecule has 4 unspecified atom stereocenters. The second kappa shape index (κ2) is 19.6. The van der Waals surface area contributed by atoms with E-state index in [1.807, 2.05) is 24.3 Å². The van der Waals surface area contributed by atoms with Crippen LogP contribution in [0.1, 0.15) is 89.2 Å². The third kappa shape index (κ3) is 10.0. The zero-order valence-electron chi connectivity index (χ0n) is 34.8. The molecular weight excluding hydrogens is 884 g/mol. The molecule has 4 heterocycles. The van der Waals surface area contributed by atoms with Crippen molar-refractivity contribution in [2.75, 3.05) is 42.5 Å². The van der Waals surface area contributed by atoms with Gasteiger partial charge in [-0.3, -0.25) is 19.2 Å². The van der Waals surface area contributed by atoms with E-state index in [-0.39, 0.29) is 82.5 Å². The van der Waals surface area contributed by atoms with Crippen LogP contribution in [0.2, 0.25) is 0 Å². The van der Waals surface area contributed by atoms with Crippen LogP contribution in [0.5, 0.6) is 34.5 Å². The second-order valence-electron chi connectivity index (χ2n) is 16.3. The highest BCUT2D eigenvalue weighted by Gasteiger charge is 2.54. The van der Waals surface area contributed by atoms with E-state index < -0.39 is 11.9 Å². The number of fused-ring (bicyclic) bond motifs is 4. The number of benzene rings is 2. The van der Waals surface area contributed by atoms with E-state index >= 15 is 0 Å². The van der Waals surface area contributed by atoms with E-state index in [0.717, 1.165) is 84.5 Å². The van der Waals surface area contributed by atoms with Crippen LogP contribution in [0.15, 0.2) is 24.3 Å². The van der Waals surface area contributed by atoms with Gasteiger partial charge in [-0.15, -0.1) is 0 Å². The van der Waals surface area contributed by atoms with Gasteiger partial charge in [-0.05, 0) is 24.3 Å². The molecule has 0 N–H and O–H groups in total. The fourth-order valence-corrected chi connectivity index (χ4v) is 10.1. The molecule has 8 atom stereocenters. The molecule has 4 aliphatic heterocycles. The average Bonchev–Trinajstić information content (AvgIpc) is 3.38. The number of methoxy groups -OCH3 is 4. The zero-order valence-corrected chi connectivity index (χ0v) is 38.0. The van der Waals surface area contributed by atoms with Crippen LogP contribution < -0.4 is 62.4 Å². The lowest BCUT2D eigenvalue weighted by molar-refractivity contribution is -0.961. The van der Waals surface area contributed by atoms with E-state index in [9.17, 15) is 19.2 Å². The van der Waals surface area contributed by atoms with Gasteiger partial charge >= 0.3 is 23.9 Å². The topological polar surface area (TPSA) is 142 Å². The molecule has 16 heteroatoms. The molecule has 2 aromatic carbocycles. The summed E-state index contributed by atoms with van der Waals surface area (Å²) in [4.78, 5) is 49.5. The van der Waals surface area contributed by atoms with Crippen molar-refractivity contribution in [2.45, 2.75) is 128 Å². The minimum atomic E-state index is -0.456. The van der Waals surface area contributed by atoms with E-state index in [2.05, 4.69) is 14.1 Å². The summed E-state index contributed by atoms with van der Waals surface area (Å²) in [5.41, 5.74) is 2.01. The largest absolute Gasteiger partial charge is 1.00 e. The van der Waals surface area contributed by atoms with Crippen LogP contribution in [0.25, 0.3) is 0 Å². The maximum absolute atomic E-state index is 13.0. The first-order chi connectivity index (χ1) is 26.7. The number of halogens is 2. The maximum atomic E-state index is 13.0. The van der Waals surface area contributed by atoms with Crippen LogP contribution in [0, 0.1) is 0 Å². The van der Waals surface area contributed by atoms with Crippen molar-refractivity contribution in [1.29, 1.82) is 0 Å². The summed E-state index contributed by atoms with van der Waals surface area (Å²) in [6.07, 6.45) is 6.74. The van der Waals surface area contributed by atoms with Gasteiger partial charge in [0.25, 0.3) is 0 Å². The summed E-state index contributed by atoms with van der Waals surface area (Å²) >= 11 is 0. The zero-order chi connectivity index (χ0) is 40.4. The Labute approximate surface area is 362 Å². The Morgan fingerprint density at radius 3 is 1.05 bits per heavy atom. The molecule has 0 amide bonds. The molecule has 4 aliphatic rings. The van der Waals surface area contributed by atoms with E-state index in [0.29, 0.717) is 47.2 Å². The van der Waals surface area contributed by atoms with Crippen molar-refractivity contribution in [1.82, 2.24) is 0 Å². The van der Waals surface area contributed by atoms with Crippen molar-refractivity contribution in [3.8, 4) is 34.5 Å². The molecule has 0 saturated carbocycles. The Morgan fingerprint density at radius 2 is 0.810 bits per heavy atom. The van der Waals surface area contributed by atoms with Gasteiger partial charge in [0.05, 0.1) is 79.5 Å². The predicted octanol–water partition coefficient (Wildman–Crippen LogP) is -0.574. The molecule has 14 nitrogen and oxygen atoms in total. The molecule has 58 heavy (non-hydrogen) atoms. The van der Waals surface area contributed by atoms with Crippen molar-refractivity contribution in [3.05, 3.63) is 35.4 Å². The first-order valence-corrected chi connectivity index (χ1v) is 19.6. The summed E-state index contributed by atoms with van der Waals surface area (Å²) in [7, 11) is 10.7. The Balaban J connectivity index is 0.00000372. The SMILES string of the molecule is COc1cc(C[N+]2(C)[C@@H]3CC[C@H]2CC(OC(=O)CCC(=O)OC2C[C@H]4CC[C@@H](C2)[N+]4(C)Cc2cc(OC)c(OC(C)=O)c(OC)c2)C3)cc(OC)c1OC(C)=O.[Br-].[Br-]. The number of esters is 4. The van der Waals surface area contributed by atoms with Gasteiger partial charge in [-0.2, -0.15) is 0 Å². The van der Waals surface area contributed by atoms with Crippen LogP contribution in [-0.4, -0.2) is 112 Å². The van der Waals surface area contributed by atoms with Gasteiger partial charge in [0.2, 0.25) is 11.5 Å². The van der Waals surface area contributed by atoms with E-state index in [1.165, 1.54) is 42.3 Å². The molecule has 6 rings (SSSR count). The van der Waals surface area contributed by atoms with Crippen LogP contribution in [0.3, 0.4) is 0 Å². The Hall–Kier alpha value is -3.60. The maximum Gasteiger partial charge on any atom is 0.308 e. The average molecular weight is 943 g/mol. The highest BCUT2D eigenvalue weighted by molar-refractivity contribution is 5.78. The standard InChI is InChI=1S/C42H58N2O12.2BrH/c1-25(45)53-41-35(49-5)15-27(16-36(41)50-6)23-43(3)29-9-10-30(43)20-33(19-29)55-39(47)13-14-40(48)56-34-21-31-11-12-32(22-34)44(31,4)24-28-17-37(51-7)42(54-26(2)46)38(18-28)52-8;;/h15-18,29-34H,9-14,19-24H2,1-8H3;2*1H/q+2;;/p-2/t29-,30+,31-,32+,33?,34?,43?,44?;;. The number of hydrogen-bond donors (Lipinski definition) is 0. The second-order valence-corrected chi connectivity index (χ2v) is 16.3. The van der Waals surface area contributed by atoms with Gasteiger partial charge in [0.15, 0.2) is 23.0 Å². The van der Waals surface area contributed by atoms with Gasteiger partial charge in [0.1, 0.15) is 25.3 Å². The quantitative estimate of drug-likeness (QED) is 0.128. The Kier molecular flexibility index (Phi) is 15.9. The third-order valence-corrected chi connectivity index (χ3v) is 12.9. The van der Waals surface area contributed by atoms with Crippen molar-refractivity contribution < 1.29 is 100 Å². The first kappa shape index (κ1) is 47.1. The number of carbonyl (C=O) groups is 4. The van der Waals surface area contributed by atoms with Crippen molar-refractivity contribution in [3.63, 3.8) is 0 Å². The summed E-state index contributed by atoms with van der Waals surface area (Å²) in [6.45, 7) is 4.13. The summed E-state index contributed by atoms with van der Waals surface area (Å²) in [5.74, 6) is 0.641. The van der Waals surface area contributed by atoms with E-state index in [4.69, 9.17) is 37.9 Å². The lowest BCUT2D eigenvalue weighted by atomic mass is 9.95. The number of rotatable bonds is 15. The van der Waals surface area contributed by atoms with Crippen LogP contribution in [-0.2, 0) is 41.7 Å². The molecule has 322 valence electrons. The van der Waals surface area contributed by atoms with Gasteiger partial charge in [-0.25, -0.2) is 0 Å². The molecule has 4 saturated heterocycles. The molecule has 0 aliphatic carbocycles. The van der Waals surface area contributed by atoms with Gasteiger partial charge in [-0.1, -0.05) is 0 Å². The molecule has 0 aromatic heterocycles. The normalized spacial score (nSPS) is 27.9. The number of quaternary nitrogens is 2. The Morgan fingerprint density at radius 1 is 0.534 bits per heavy atom. The monoisotopic (exact) mass is 940 g/mol.